The van der Waals surface area contributed by atoms with Crippen LogP contribution in [0.4, 0.5) is 10.5 Å². The average molecular weight is 285 g/mol. The van der Waals surface area contributed by atoms with E-state index in [0.717, 1.165) is 21.3 Å². The minimum Gasteiger partial charge on any atom is -0.351 e. The van der Waals surface area contributed by atoms with Gasteiger partial charge in [0, 0.05) is 10.2 Å². The number of primary amides is 1. The molecule has 0 aliphatic carbocycles. The van der Waals surface area contributed by atoms with Gasteiger partial charge in [-0.2, -0.15) is 0 Å². The smallest absolute Gasteiger partial charge is 0.318 e. The van der Waals surface area contributed by atoms with Crippen LogP contribution >= 0.6 is 15.9 Å². The lowest BCUT2D eigenvalue weighted by Gasteiger charge is -2.13. The maximum Gasteiger partial charge on any atom is 0.318 e. The number of guanidine groups is 1. The Morgan fingerprint density at radius 2 is 1.88 bits per heavy atom. The number of aryl methyl sites for hydroxylation is 2. The predicted molar refractivity (Wildman–Crippen MR) is 67.7 cm³/mol. The second-order valence-corrected chi connectivity index (χ2v) is 4.32. The van der Waals surface area contributed by atoms with E-state index < -0.39 is 6.03 Å². The molecule has 0 spiro atoms. The minimum absolute atomic E-state index is 0.138. The van der Waals surface area contributed by atoms with Crippen molar-refractivity contribution in [3.05, 3.63) is 27.7 Å². The van der Waals surface area contributed by atoms with Gasteiger partial charge in [-0.25, -0.2) is 4.79 Å². The lowest BCUT2D eigenvalue weighted by atomic mass is 10.1. The van der Waals surface area contributed by atoms with Gasteiger partial charge in [0.2, 0.25) is 5.96 Å². The number of carbonyl (C=O) groups is 1. The fraction of sp³-hybridized carbons (Fsp3) is 0.200. The number of urea groups is 1. The first-order chi connectivity index (χ1) is 7.40. The first kappa shape index (κ1) is 12.5. The lowest BCUT2D eigenvalue weighted by Crippen LogP contribution is -2.38. The molecule has 0 bridgehead atoms. The second-order valence-electron chi connectivity index (χ2n) is 3.40. The van der Waals surface area contributed by atoms with E-state index in [2.05, 4.69) is 26.6 Å². The summed E-state index contributed by atoms with van der Waals surface area (Å²) in [5.74, 6) is -0.138. The molecule has 0 unspecified atom stereocenters. The highest BCUT2D eigenvalue weighted by molar-refractivity contribution is 9.10. The Kier molecular flexibility index (Phi) is 3.89. The van der Waals surface area contributed by atoms with Crippen molar-refractivity contribution in [2.45, 2.75) is 13.8 Å². The third-order valence-corrected chi connectivity index (χ3v) is 2.45. The number of carbonyl (C=O) groups excluding carboxylic acids is 1. The molecule has 16 heavy (non-hydrogen) atoms. The van der Waals surface area contributed by atoms with Crippen LogP contribution in [0, 0.1) is 19.3 Å². The number of halogens is 1. The molecule has 0 aliphatic rings. The molecule has 86 valence electrons. The summed E-state index contributed by atoms with van der Waals surface area (Å²) in [6, 6.07) is 3.09. The number of nitrogens with one attached hydrogen (secondary N) is 3. The maximum absolute atomic E-state index is 10.5. The van der Waals surface area contributed by atoms with Gasteiger partial charge >= 0.3 is 6.03 Å². The summed E-state index contributed by atoms with van der Waals surface area (Å²) in [4.78, 5) is 10.5. The zero-order valence-corrected chi connectivity index (χ0v) is 10.6. The van der Waals surface area contributed by atoms with E-state index in [1.807, 2.05) is 26.0 Å². The Bertz CT molecular complexity index is 421. The minimum atomic E-state index is -0.759. The van der Waals surface area contributed by atoms with Crippen LogP contribution in [0.1, 0.15) is 11.1 Å². The molecular formula is C10H13BrN4O. The summed E-state index contributed by atoms with van der Waals surface area (Å²) in [5.41, 5.74) is 7.65. The highest BCUT2D eigenvalue weighted by Crippen LogP contribution is 2.24. The van der Waals surface area contributed by atoms with Gasteiger partial charge in [0.15, 0.2) is 0 Å². The van der Waals surface area contributed by atoms with Crippen LogP contribution in [0.2, 0.25) is 0 Å². The Balaban J connectivity index is 2.89. The van der Waals surface area contributed by atoms with Gasteiger partial charge in [-0.3, -0.25) is 10.7 Å². The lowest BCUT2D eigenvalue weighted by molar-refractivity contribution is 0.253. The highest BCUT2D eigenvalue weighted by atomic mass is 79.9. The number of anilines is 1. The van der Waals surface area contributed by atoms with Crippen LogP contribution in [0.3, 0.4) is 0 Å². The average Bonchev–Trinajstić information content (AvgIpc) is 2.09. The Morgan fingerprint density at radius 1 is 1.38 bits per heavy atom. The fourth-order valence-electron chi connectivity index (χ4n) is 1.39. The van der Waals surface area contributed by atoms with Gasteiger partial charge in [-0.1, -0.05) is 15.9 Å². The Morgan fingerprint density at radius 3 is 2.31 bits per heavy atom. The van der Waals surface area contributed by atoms with Gasteiger partial charge in [0.1, 0.15) is 0 Å². The van der Waals surface area contributed by atoms with Gasteiger partial charge in [-0.05, 0) is 37.1 Å². The van der Waals surface area contributed by atoms with Gasteiger partial charge < -0.3 is 11.1 Å². The molecule has 0 fully saturated rings. The normalized spacial score (nSPS) is 9.69. The summed E-state index contributed by atoms with van der Waals surface area (Å²) < 4.78 is 0.974. The van der Waals surface area contributed by atoms with Crippen molar-refractivity contribution in [1.29, 1.82) is 5.41 Å². The standard InChI is InChI=1S/C10H13BrN4O/c1-5-3-7(11)4-6(2)8(5)14-9(12)15-10(13)16/h3-4H,1-2H3,(H5,12,13,14,15,16). The monoisotopic (exact) mass is 284 g/mol. The van der Waals surface area contributed by atoms with Crippen molar-refractivity contribution in [3.63, 3.8) is 0 Å². The van der Waals surface area contributed by atoms with E-state index in [1.54, 1.807) is 0 Å². The molecule has 5 nitrogen and oxygen atoms in total. The zero-order valence-electron chi connectivity index (χ0n) is 9.02. The maximum atomic E-state index is 10.5. The third-order valence-electron chi connectivity index (χ3n) is 2.00. The van der Waals surface area contributed by atoms with Crippen molar-refractivity contribution < 1.29 is 4.79 Å². The molecule has 1 aromatic rings. The molecule has 0 aromatic heterocycles. The number of nitrogens with two attached hydrogens (primary N) is 1. The summed E-state index contributed by atoms with van der Waals surface area (Å²) in [7, 11) is 0. The zero-order chi connectivity index (χ0) is 12.3. The van der Waals surface area contributed by atoms with Crippen LogP contribution in [-0.4, -0.2) is 12.0 Å². The first-order valence-corrected chi connectivity index (χ1v) is 5.38. The predicted octanol–water partition coefficient (Wildman–Crippen LogP) is 2.08. The molecule has 0 heterocycles. The van der Waals surface area contributed by atoms with Crippen LogP contribution in [0.25, 0.3) is 0 Å². The van der Waals surface area contributed by atoms with Crippen LogP contribution in [0.15, 0.2) is 16.6 Å². The molecule has 0 saturated heterocycles. The molecular weight excluding hydrogens is 272 g/mol. The highest BCUT2D eigenvalue weighted by Gasteiger charge is 2.07. The molecule has 0 atom stereocenters. The first-order valence-electron chi connectivity index (χ1n) is 4.59. The van der Waals surface area contributed by atoms with E-state index in [4.69, 9.17) is 11.1 Å². The molecule has 1 rings (SSSR count). The number of amides is 2. The Hall–Kier alpha value is -1.56. The van der Waals surface area contributed by atoms with Gasteiger partial charge in [0.25, 0.3) is 0 Å². The van der Waals surface area contributed by atoms with E-state index in [0.29, 0.717) is 0 Å². The quantitative estimate of drug-likeness (QED) is 0.470. The topological polar surface area (TPSA) is 91.0 Å². The van der Waals surface area contributed by atoms with Crippen molar-refractivity contribution in [3.8, 4) is 0 Å². The van der Waals surface area contributed by atoms with Gasteiger partial charge in [0.05, 0.1) is 0 Å². The second kappa shape index (κ2) is 4.98. The summed E-state index contributed by atoms with van der Waals surface area (Å²) >= 11 is 3.38. The molecule has 5 N–H and O–H groups in total. The molecule has 1 aromatic carbocycles. The largest absolute Gasteiger partial charge is 0.351 e. The summed E-state index contributed by atoms with van der Waals surface area (Å²) in [6.07, 6.45) is 0. The van der Waals surface area contributed by atoms with E-state index in [-0.39, 0.29) is 5.96 Å². The Labute approximate surface area is 102 Å². The number of hydrogen-bond acceptors (Lipinski definition) is 2. The summed E-state index contributed by atoms with van der Waals surface area (Å²) in [6.45, 7) is 3.83. The molecule has 0 saturated carbocycles. The molecule has 2 amide bonds. The van der Waals surface area contributed by atoms with E-state index >= 15 is 0 Å². The van der Waals surface area contributed by atoms with Crippen molar-refractivity contribution in [2.24, 2.45) is 5.73 Å². The third kappa shape index (κ3) is 3.23. The van der Waals surface area contributed by atoms with Crippen LogP contribution in [-0.2, 0) is 0 Å². The molecule has 0 radical (unpaired) electrons. The van der Waals surface area contributed by atoms with Crippen LogP contribution in [0.5, 0.6) is 0 Å². The van der Waals surface area contributed by atoms with Crippen LogP contribution < -0.4 is 16.4 Å². The van der Waals surface area contributed by atoms with Crippen molar-refractivity contribution in [2.75, 3.05) is 5.32 Å². The SMILES string of the molecule is Cc1cc(Br)cc(C)c1NC(=N)NC(N)=O. The fourth-order valence-corrected chi connectivity index (χ4v) is 2.07. The van der Waals surface area contributed by atoms with Crippen molar-refractivity contribution in [1.82, 2.24) is 5.32 Å². The van der Waals surface area contributed by atoms with E-state index in [9.17, 15) is 4.79 Å². The van der Waals surface area contributed by atoms with Gasteiger partial charge in [-0.15, -0.1) is 0 Å². The number of benzene rings is 1. The molecule has 6 heteroatoms. The summed E-state index contributed by atoms with van der Waals surface area (Å²) in [5, 5.41) is 12.4. The number of rotatable bonds is 1. The van der Waals surface area contributed by atoms with E-state index in [1.165, 1.54) is 0 Å². The number of hydrogen-bond donors (Lipinski definition) is 4. The molecule has 0 aliphatic heterocycles. The van der Waals surface area contributed by atoms with Crippen molar-refractivity contribution >= 4 is 33.6 Å².